The maximum atomic E-state index is 6.65. The van der Waals surface area contributed by atoms with E-state index in [9.17, 15) is 0 Å². The highest BCUT2D eigenvalue weighted by molar-refractivity contribution is 6.35. The highest BCUT2D eigenvalue weighted by Gasteiger charge is 2.40. The fourth-order valence-electron chi connectivity index (χ4n) is 4.11. The molecule has 21 heavy (non-hydrogen) atoms. The summed E-state index contributed by atoms with van der Waals surface area (Å²) in [6.45, 7) is 2.50. The molecule has 2 aliphatic carbocycles. The number of halogens is 3. The lowest BCUT2D eigenvalue weighted by atomic mass is 9.84. The van der Waals surface area contributed by atoms with Gasteiger partial charge in [-0.1, -0.05) is 29.6 Å². The van der Waals surface area contributed by atoms with Gasteiger partial charge in [-0.2, -0.15) is 0 Å². The van der Waals surface area contributed by atoms with Crippen molar-refractivity contribution in [2.24, 2.45) is 17.8 Å². The fraction of sp³-hybridized carbons (Fsp3) is 0.647. The van der Waals surface area contributed by atoms with Gasteiger partial charge in [0.1, 0.15) is 5.75 Å². The number of hydrogen-bond donors (Lipinski definition) is 0. The van der Waals surface area contributed by atoms with Gasteiger partial charge >= 0.3 is 0 Å². The molecule has 2 fully saturated rings. The van der Waals surface area contributed by atoms with Gasteiger partial charge in [-0.15, -0.1) is 11.6 Å². The zero-order valence-corrected chi connectivity index (χ0v) is 14.5. The first-order valence-electron chi connectivity index (χ1n) is 7.84. The maximum absolute atomic E-state index is 6.65. The number of alkyl halides is 1. The summed E-state index contributed by atoms with van der Waals surface area (Å²) in [4.78, 5) is 0. The Morgan fingerprint density at radius 3 is 2.62 bits per heavy atom. The van der Waals surface area contributed by atoms with E-state index in [4.69, 9.17) is 39.5 Å². The zero-order chi connectivity index (χ0) is 15.0. The van der Waals surface area contributed by atoms with Crippen LogP contribution in [0.1, 0.15) is 50.0 Å². The summed E-state index contributed by atoms with van der Waals surface area (Å²) in [5.74, 6) is 3.22. The van der Waals surface area contributed by atoms with Gasteiger partial charge < -0.3 is 4.74 Å². The van der Waals surface area contributed by atoms with Gasteiger partial charge in [-0.05, 0) is 62.0 Å². The average Bonchev–Trinajstić information content (AvgIpc) is 3.05. The van der Waals surface area contributed by atoms with Crippen molar-refractivity contribution in [3.05, 3.63) is 27.7 Å². The zero-order valence-electron chi connectivity index (χ0n) is 12.2. The Bertz CT molecular complexity index is 517. The SMILES string of the molecule is CCOc1cc(Cl)c(C(Cl)CC2CC3CCC2C3)cc1Cl. The second-order valence-corrected chi connectivity index (χ2v) is 7.72. The molecule has 1 nitrogen and oxygen atoms in total. The quantitative estimate of drug-likeness (QED) is 0.552. The number of fused-ring (bicyclic) bond motifs is 2. The van der Waals surface area contributed by atoms with E-state index >= 15 is 0 Å². The van der Waals surface area contributed by atoms with Gasteiger partial charge in [0.2, 0.25) is 0 Å². The third-order valence-corrected chi connectivity index (χ3v) is 6.12. The number of benzene rings is 1. The van der Waals surface area contributed by atoms with E-state index in [1.54, 1.807) is 6.07 Å². The molecule has 0 N–H and O–H groups in total. The minimum atomic E-state index is -0.0602. The third kappa shape index (κ3) is 3.30. The van der Waals surface area contributed by atoms with Gasteiger partial charge in [-0.25, -0.2) is 0 Å². The van der Waals surface area contributed by atoms with E-state index in [1.165, 1.54) is 25.7 Å². The maximum Gasteiger partial charge on any atom is 0.139 e. The minimum Gasteiger partial charge on any atom is -0.492 e. The van der Waals surface area contributed by atoms with Crippen molar-refractivity contribution < 1.29 is 4.74 Å². The van der Waals surface area contributed by atoms with E-state index in [2.05, 4.69) is 0 Å². The lowest BCUT2D eigenvalue weighted by Gasteiger charge is -2.24. The first kappa shape index (κ1) is 15.8. The predicted octanol–water partition coefficient (Wildman–Crippen LogP) is 6.50. The second-order valence-electron chi connectivity index (χ2n) is 6.38. The Balaban J connectivity index is 1.72. The molecule has 2 bridgehead atoms. The van der Waals surface area contributed by atoms with E-state index in [1.807, 2.05) is 13.0 Å². The molecule has 0 aromatic heterocycles. The molecule has 4 atom stereocenters. The van der Waals surface area contributed by atoms with Crippen molar-refractivity contribution in [2.75, 3.05) is 6.61 Å². The molecule has 1 aromatic rings. The Morgan fingerprint density at radius 2 is 2.00 bits per heavy atom. The van der Waals surface area contributed by atoms with Crippen LogP contribution >= 0.6 is 34.8 Å². The predicted molar refractivity (Wildman–Crippen MR) is 89.8 cm³/mol. The molecule has 0 spiro atoms. The standard InChI is InChI=1S/C17H21Cl3O/c1-2-21-17-9-15(19)13(8-16(17)20)14(18)7-12-6-10-3-4-11(12)5-10/h8-12,14H,2-7H2,1H3. The second kappa shape index (κ2) is 6.56. The molecular weight excluding hydrogens is 327 g/mol. The highest BCUT2D eigenvalue weighted by Crippen LogP contribution is 2.52. The summed E-state index contributed by atoms with van der Waals surface area (Å²) in [6.07, 6.45) is 6.57. The van der Waals surface area contributed by atoms with E-state index in [-0.39, 0.29) is 5.38 Å². The van der Waals surface area contributed by atoms with Crippen molar-refractivity contribution in [1.82, 2.24) is 0 Å². The molecule has 2 aliphatic rings. The van der Waals surface area contributed by atoms with Crippen LogP contribution in [-0.2, 0) is 0 Å². The first-order valence-corrected chi connectivity index (χ1v) is 9.03. The van der Waals surface area contributed by atoms with Crippen molar-refractivity contribution in [3.63, 3.8) is 0 Å². The van der Waals surface area contributed by atoms with Gasteiger partial charge in [0.25, 0.3) is 0 Å². The Labute approximate surface area is 141 Å². The van der Waals surface area contributed by atoms with Crippen molar-refractivity contribution in [1.29, 1.82) is 0 Å². The molecule has 0 amide bonds. The Morgan fingerprint density at radius 1 is 1.19 bits per heavy atom. The summed E-state index contributed by atoms with van der Waals surface area (Å²) in [5, 5.41) is 1.19. The molecule has 1 aromatic carbocycles. The minimum absolute atomic E-state index is 0.0602. The van der Waals surface area contributed by atoms with Crippen molar-refractivity contribution >= 4 is 34.8 Å². The summed E-state index contributed by atoms with van der Waals surface area (Å²) >= 11 is 19.3. The number of hydrogen-bond acceptors (Lipinski definition) is 1. The van der Waals surface area contributed by atoms with Crippen molar-refractivity contribution in [2.45, 2.75) is 44.4 Å². The van der Waals surface area contributed by atoms with Crippen LogP contribution in [0.25, 0.3) is 0 Å². The molecule has 4 unspecified atom stereocenters. The lowest BCUT2D eigenvalue weighted by molar-refractivity contribution is 0.311. The third-order valence-electron chi connectivity index (χ3n) is 5.08. The Kier molecular flexibility index (Phi) is 4.93. The fourth-order valence-corrected chi connectivity index (χ4v) is 5.09. The van der Waals surface area contributed by atoms with E-state index in [0.29, 0.717) is 22.4 Å². The molecule has 0 saturated heterocycles. The molecule has 116 valence electrons. The van der Waals surface area contributed by atoms with Gasteiger partial charge in [0.15, 0.2) is 0 Å². The van der Waals surface area contributed by atoms with Gasteiger partial charge in [0.05, 0.1) is 17.0 Å². The average molecular weight is 348 g/mol. The molecule has 3 rings (SSSR count). The summed E-state index contributed by atoms with van der Waals surface area (Å²) in [5.41, 5.74) is 0.939. The molecular formula is C17H21Cl3O. The van der Waals surface area contributed by atoms with Crippen molar-refractivity contribution in [3.8, 4) is 5.75 Å². The van der Waals surface area contributed by atoms with E-state index in [0.717, 1.165) is 29.7 Å². The highest BCUT2D eigenvalue weighted by atomic mass is 35.5. The first-order chi connectivity index (χ1) is 10.1. The molecule has 0 aliphatic heterocycles. The van der Waals surface area contributed by atoms with Crippen LogP contribution in [0.4, 0.5) is 0 Å². The summed E-state index contributed by atoms with van der Waals surface area (Å²) < 4.78 is 5.47. The summed E-state index contributed by atoms with van der Waals surface area (Å²) in [7, 11) is 0. The van der Waals surface area contributed by atoms with Crippen LogP contribution in [0.2, 0.25) is 10.0 Å². The van der Waals surface area contributed by atoms with Crippen LogP contribution in [0.5, 0.6) is 5.75 Å². The lowest BCUT2D eigenvalue weighted by Crippen LogP contribution is -2.12. The smallest absolute Gasteiger partial charge is 0.139 e. The van der Waals surface area contributed by atoms with Crippen LogP contribution in [-0.4, -0.2) is 6.61 Å². The Hall–Kier alpha value is -0.110. The normalized spacial score (nSPS) is 28.9. The van der Waals surface area contributed by atoms with Crippen LogP contribution in [0, 0.1) is 17.8 Å². The van der Waals surface area contributed by atoms with Crippen LogP contribution < -0.4 is 4.74 Å². The topological polar surface area (TPSA) is 9.23 Å². The van der Waals surface area contributed by atoms with Crippen LogP contribution in [0.15, 0.2) is 12.1 Å². The van der Waals surface area contributed by atoms with Crippen LogP contribution in [0.3, 0.4) is 0 Å². The van der Waals surface area contributed by atoms with E-state index < -0.39 is 0 Å². The van der Waals surface area contributed by atoms with Gasteiger partial charge in [-0.3, -0.25) is 0 Å². The molecule has 0 radical (unpaired) electrons. The molecule has 2 saturated carbocycles. The summed E-state index contributed by atoms with van der Waals surface area (Å²) in [6, 6.07) is 3.67. The monoisotopic (exact) mass is 346 g/mol. The molecule has 0 heterocycles. The van der Waals surface area contributed by atoms with Gasteiger partial charge in [0, 0.05) is 11.1 Å². The molecule has 4 heteroatoms. The number of ether oxygens (including phenoxy) is 1. The number of rotatable bonds is 5. The largest absolute Gasteiger partial charge is 0.492 e.